The maximum atomic E-state index is 12.4. The first-order valence-corrected chi connectivity index (χ1v) is 8.56. The Kier molecular flexibility index (Phi) is 5.35. The molecule has 2 aromatic carbocycles. The SMILES string of the molecule is COc1cccc(-c2ccc(=O)n(CC(=O)Nc3cccc(C)c3C)n2)c1. The van der Waals surface area contributed by atoms with Gasteiger partial charge in [0, 0.05) is 17.3 Å². The summed E-state index contributed by atoms with van der Waals surface area (Å²) < 4.78 is 6.38. The van der Waals surface area contributed by atoms with Crippen LogP contribution >= 0.6 is 0 Å². The second-order valence-corrected chi connectivity index (χ2v) is 6.24. The lowest BCUT2D eigenvalue weighted by atomic mass is 10.1. The fraction of sp³-hybridized carbons (Fsp3) is 0.190. The number of amides is 1. The number of carbonyl (C=O) groups excluding carboxylic acids is 1. The van der Waals surface area contributed by atoms with E-state index in [1.807, 2.05) is 56.3 Å². The van der Waals surface area contributed by atoms with Crippen LogP contribution < -0.4 is 15.6 Å². The molecule has 1 N–H and O–H groups in total. The quantitative estimate of drug-likeness (QED) is 0.756. The highest BCUT2D eigenvalue weighted by Gasteiger charge is 2.10. The Morgan fingerprint density at radius 1 is 1.11 bits per heavy atom. The van der Waals surface area contributed by atoms with Crippen LogP contribution in [0.5, 0.6) is 5.75 Å². The topological polar surface area (TPSA) is 73.2 Å². The molecule has 0 atom stereocenters. The molecule has 0 bridgehead atoms. The van der Waals surface area contributed by atoms with E-state index >= 15 is 0 Å². The van der Waals surface area contributed by atoms with Crippen LogP contribution in [0.1, 0.15) is 11.1 Å². The van der Waals surface area contributed by atoms with E-state index in [0.717, 1.165) is 27.1 Å². The molecule has 0 aliphatic heterocycles. The molecule has 6 heteroatoms. The normalized spacial score (nSPS) is 10.5. The number of anilines is 1. The Morgan fingerprint density at radius 3 is 2.67 bits per heavy atom. The van der Waals surface area contributed by atoms with Gasteiger partial charge in [-0.3, -0.25) is 9.59 Å². The van der Waals surface area contributed by atoms with Gasteiger partial charge < -0.3 is 10.1 Å². The Balaban J connectivity index is 1.83. The van der Waals surface area contributed by atoms with Crippen LogP contribution in [0.2, 0.25) is 0 Å². The number of aryl methyl sites for hydroxylation is 1. The summed E-state index contributed by atoms with van der Waals surface area (Å²) in [6, 6.07) is 16.1. The van der Waals surface area contributed by atoms with E-state index in [2.05, 4.69) is 10.4 Å². The summed E-state index contributed by atoms with van der Waals surface area (Å²) >= 11 is 0. The van der Waals surface area contributed by atoms with Crippen molar-refractivity contribution in [3.8, 4) is 17.0 Å². The van der Waals surface area contributed by atoms with Crippen molar-refractivity contribution >= 4 is 11.6 Å². The van der Waals surface area contributed by atoms with E-state index in [0.29, 0.717) is 11.4 Å². The van der Waals surface area contributed by atoms with E-state index in [-0.39, 0.29) is 18.0 Å². The number of ether oxygens (including phenoxy) is 1. The van der Waals surface area contributed by atoms with Crippen molar-refractivity contribution in [2.24, 2.45) is 0 Å². The van der Waals surface area contributed by atoms with Crippen LogP contribution in [-0.2, 0) is 11.3 Å². The molecule has 1 amide bonds. The summed E-state index contributed by atoms with van der Waals surface area (Å²) in [7, 11) is 1.59. The molecule has 3 rings (SSSR count). The molecule has 0 fully saturated rings. The van der Waals surface area contributed by atoms with Gasteiger partial charge in [-0.25, -0.2) is 4.68 Å². The van der Waals surface area contributed by atoms with E-state index in [1.165, 1.54) is 6.07 Å². The first kappa shape index (κ1) is 18.4. The number of nitrogens with zero attached hydrogens (tertiary/aromatic N) is 2. The molecule has 0 saturated carbocycles. The number of benzene rings is 2. The van der Waals surface area contributed by atoms with E-state index in [4.69, 9.17) is 4.74 Å². The zero-order chi connectivity index (χ0) is 19.4. The van der Waals surface area contributed by atoms with Gasteiger partial charge in [-0.15, -0.1) is 0 Å². The highest BCUT2D eigenvalue weighted by Crippen LogP contribution is 2.21. The van der Waals surface area contributed by atoms with Gasteiger partial charge in [-0.05, 0) is 49.2 Å². The third kappa shape index (κ3) is 4.23. The van der Waals surface area contributed by atoms with Crippen LogP contribution in [0.3, 0.4) is 0 Å². The van der Waals surface area contributed by atoms with Gasteiger partial charge in [0.05, 0.1) is 12.8 Å². The number of nitrogens with one attached hydrogen (secondary N) is 1. The van der Waals surface area contributed by atoms with Gasteiger partial charge in [0.25, 0.3) is 5.56 Å². The number of rotatable bonds is 5. The van der Waals surface area contributed by atoms with Crippen molar-refractivity contribution < 1.29 is 9.53 Å². The summed E-state index contributed by atoms with van der Waals surface area (Å²) in [6.07, 6.45) is 0. The summed E-state index contributed by atoms with van der Waals surface area (Å²) in [6.45, 7) is 3.76. The molecule has 3 aromatic rings. The lowest BCUT2D eigenvalue weighted by Crippen LogP contribution is -2.29. The van der Waals surface area contributed by atoms with Crippen molar-refractivity contribution in [1.82, 2.24) is 9.78 Å². The van der Waals surface area contributed by atoms with Gasteiger partial charge in [0.2, 0.25) is 5.91 Å². The monoisotopic (exact) mass is 363 g/mol. The van der Waals surface area contributed by atoms with E-state index in [9.17, 15) is 9.59 Å². The summed E-state index contributed by atoms with van der Waals surface area (Å²) in [5, 5.41) is 7.17. The van der Waals surface area contributed by atoms with Gasteiger partial charge in [0.15, 0.2) is 0 Å². The smallest absolute Gasteiger partial charge is 0.267 e. The van der Waals surface area contributed by atoms with E-state index < -0.39 is 0 Å². The van der Waals surface area contributed by atoms with Crippen LogP contribution in [0.4, 0.5) is 5.69 Å². The number of methoxy groups -OCH3 is 1. The van der Waals surface area contributed by atoms with Crippen molar-refractivity contribution in [3.05, 3.63) is 76.1 Å². The van der Waals surface area contributed by atoms with Crippen molar-refractivity contribution in [2.75, 3.05) is 12.4 Å². The van der Waals surface area contributed by atoms with Gasteiger partial charge >= 0.3 is 0 Å². The van der Waals surface area contributed by atoms with Crippen molar-refractivity contribution in [1.29, 1.82) is 0 Å². The lowest BCUT2D eigenvalue weighted by Gasteiger charge is -2.11. The maximum absolute atomic E-state index is 12.4. The average Bonchev–Trinajstić information content (AvgIpc) is 2.67. The van der Waals surface area contributed by atoms with E-state index in [1.54, 1.807) is 13.2 Å². The molecule has 0 radical (unpaired) electrons. The number of hydrogen-bond acceptors (Lipinski definition) is 4. The van der Waals surface area contributed by atoms with Crippen molar-refractivity contribution in [2.45, 2.75) is 20.4 Å². The highest BCUT2D eigenvalue weighted by atomic mass is 16.5. The van der Waals surface area contributed by atoms with Crippen LogP contribution in [0.25, 0.3) is 11.3 Å². The molecule has 1 aromatic heterocycles. The minimum atomic E-state index is -0.335. The number of aromatic nitrogens is 2. The number of carbonyl (C=O) groups is 1. The largest absolute Gasteiger partial charge is 0.497 e. The van der Waals surface area contributed by atoms with Gasteiger partial charge in [-0.1, -0.05) is 24.3 Å². The minimum Gasteiger partial charge on any atom is -0.497 e. The zero-order valence-corrected chi connectivity index (χ0v) is 15.5. The predicted octanol–water partition coefficient (Wildman–Crippen LogP) is 3.17. The highest BCUT2D eigenvalue weighted by molar-refractivity contribution is 5.91. The lowest BCUT2D eigenvalue weighted by molar-refractivity contribution is -0.117. The first-order valence-electron chi connectivity index (χ1n) is 8.56. The molecule has 0 unspecified atom stereocenters. The van der Waals surface area contributed by atoms with Crippen molar-refractivity contribution in [3.63, 3.8) is 0 Å². The third-order valence-corrected chi connectivity index (χ3v) is 4.40. The summed E-state index contributed by atoms with van der Waals surface area (Å²) in [5.41, 5.74) is 3.88. The maximum Gasteiger partial charge on any atom is 0.267 e. The fourth-order valence-corrected chi connectivity index (χ4v) is 2.71. The standard InChI is InChI=1S/C21H21N3O3/c1-14-6-4-9-18(15(14)2)22-20(25)13-24-21(26)11-10-19(23-24)16-7-5-8-17(12-16)27-3/h4-12H,13H2,1-3H3,(H,22,25). The van der Waals surface area contributed by atoms with Crippen LogP contribution in [-0.4, -0.2) is 22.8 Å². The Morgan fingerprint density at radius 2 is 1.89 bits per heavy atom. The second-order valence-electron chi connectivity index (χ2n) is 6.24. The van der Waals surface area contributed by atoms with Gasteiger partial charge in [-0.2, -0.15) is 5.10 Å². The average molecular weight is 363 g/mol. The zero-order valence-electron chi connectivity index (χ0n) is 15.5. The molecule has 27 heavy (non-hydrogen) atoms. The third-order valence-electron chi connectivity index (χ3n) is 4.40. The Bertz CT molecular complexity index is 1040. The molecule has 0 saturated heterocycles. The Labute approximate surface area is 157 Å². The molecule has 6 nitrogen and oxygen atoms in total. The minimum absolute atomic E-state index is 0.163. The molecule has 1 heterocycles. The molecular formula is C21H21N3O3. The predicted molar refractivity (Wildman–Crippen MR) is 105 cm³/mol. The van der Waals surface area contributed by atoms with Crippen LogP contribution in [0.15, 0.2) is 59.4 Å². The molecule has 0 spiro atoms. The Hall–Kier alpha value is -3.41. The molecule has 138 valence electrons. The second kappa shape index (κ2) is 7.86. The van der Waals surface area contributed by atoms with Crippen LogP contribution in [0, 0.1) is 13.8 Å². The first-order chi connectivity index (χ1) is 13.0. The molecule has 0 aliphatic rings. The molecular weight excluding hydrogens is 342 g/mol. The fourth-order valence-electron chi connectivity index (χ4n) is 2.71. The summed E-state index contributed by atoms with van der Waals surface area (Å²) in [5.74, 6) is 0.390. The molecule has 0 aliphatic carbocycles. The van der Waals surface area contributed by atoms with Gasteiger partial charge in [0.1, 0.15) is 12.3 Å². The number of hydrogen-bond donors (Lipinski definition) is 1. The summed E-state index contributed by atoms with van der Waals surface area (Å²) in [4.78, 5) is 24.5.